The molecule has 4 aliphatic rings. The summed E-state index contributed by atoms with van der Waals surface area (Å²) in [5.74, 6) is -0.722. The largest absolute Gasteiger partial charge is 0.391 e. The molecule has 10 heteroatoms. The average molecular weight is 663 g/mol. The minimum absolute atomic E-state index is 0.264. The fraction of sp³-hybridized carbons (Fsp3) is 0.676. The van der Waals surface area contributed by atoms with Gasteiger partial charge in [-0.25, -0.2) is 4.39 Å². The van der Waals surface area contributed by atoms with Gasteiger partial charge >= 0.3 is 6.18 Å². The predicted molar refractivity (Wildman–Crippen MR) is 184 cm³/mol. The van der Waals surface area contributed by atoms with Crippen LogP contribution in [0, 0.1) is 30.1 Å². The minimum Gasteiger partial charge on any atom is -0.306 e. The quantitative estimate of drug-likeness (QED) is 0.277. The molecule has 0 amide bonds. The molecule has 2 aromatic rings. The van der Waals surface area contributed by atoms with E-state index in [4.69, 9.17) is 5.26 Å². The third kappa shape index (κ3) is 17.4. The highest BCUT2D eigenvalue weighted by molar-refractivity contribution is 5.21. The normalized spacial score (nSPS) is 21.0. The van der Waals surface area contributed by atoms with Crippen molar-refractivity contribution >= 4 is 0 Å². The Balaban J connectivity index is 0.000000206. The van der Waals surface area contributed by atoms with Crippen LogP contribution in [0.5, 0.6) is 0 Å². The van der Waals surface area contributed by atoms with Gasteiger partial charge in [0.25, 0.3) is 0 Å². The smallest absolute Gasteiger partial charge is 0.306 e. The van der Waals surface area contributed by atoms with E-state index in [1.54, 1.807) is 6.92 Å². The first kappa shape index (κ1) is 40.6. The zero-order valence-corrected chi connectivity index (χ0v) is 29.6. The molecule has 3 saturated heterocycles. The minimum atomic E-state index is -3.97. The summed E-state index contributed by atoms with van der Waals surface area (Å²) < 4.78 is 49.2. The first-order chi connectivity index (χ1) is 22.2. The number of benzene rings is 1. The number of aromatic nitrogens is 1. The van der Waals surface area contributed by atoms with Crippen LogP contribution in [-0.4, -0.2) is 110 Å². The highest BCUT2D eigenvalue weighted by atomic mass is 19.4. The molecule has 1 aromatic heterocycles. The van der Waals surface area contributed by atoms with Crippen LogP contribution in [0.3, 0.4) is 0 Å². The van der Waals surface area contributed by atoms with Crippen LogP contribution in [0.25, 0.3) is 0 Å². The maximum Gasteiger partial charge on any atom is 0.391 e. The number of nitrogens with zero attached hydrogens (tertiary/aromatic N) is 6. The van der Waals surface area contributed by atoms with E-state index in [-0.39, 0.29) is 12.8 Å². The third-order valence-electron chi connectivity index (χ3n) is 9.21. The molecule has 0 N–H and O–H groups in total. The Morgan fingerprint density at radius 2 is 1.30 bits per heavy atom. The molecular weight excluding hydrogens is 604 g/mol. The summed E-state index contributed by atoms with van der Waals surface area (Å²) >= 11 is 0. The van der Waals surface area contributed by atoms with Crippen molar-refractivity contribution in [3.8, 4) is 6.07 Å². The number of hydrogen-bond donors (Lipinski definition) is 0. The Morgan fingerprint density at radius 3 is 1.77 bits per heavy atom. The molecule has 1 aromatic carbocycles. The summed E-state index contributed by atoms with van der Waals surface area (Å²) in [6.07, 6.45) is 3.06. The number of fused-ring (bicyclic) bond motifs is 1. The lowest BCUT2D eigenvalue weighted by Crippen LogP contribution is -2.37. The monoisotopic (exact) mass is 662 g/mol. The number of rotatable bonds is 0. The summed E-state index contributed by atoms with van der Waals surface area (Å²) in [6, 6.07) is 16.7. The fourth-order valence-corrected chi connectivity index (χ4v) is 5.60. The molecule has 47 heavy (non-hydrogen) atoms. The van der Waals surface area contributed by atoms with Gasteiger partial charge in [-0.15, -0.1) is 0 Å². The first-order valence-corrected chi connectivity index (χ1v) is 17.0. The Morgan fingerprint density at radius 1 is 0.766 bits per heavy atom. The molecule has 5 heterocycles. The van der Waals surface area contributed by atoms with E-state index in [0.29, 0.717) is 31.8 Å². The second-order valence-electron chi connectivity index (χ2n) is 13.8. The van der Waals surface area contributed by atoms with Crippen molar-refractivity contribution in [3.63, 3.8) is 0 Å². The van der Waals surface area contributed by atoms with Gasteiger partial charge in [0.05, 0.1) is 12.0 Å². The van der Waals surface area contributed by atoms with Crippen LogP contribution < -0.4 is 0 Å². The second kappa shape index (κ2) is 20.7. The summed E-state index contributed by atoms with van der Waals surface area (Å²) in [4.78, 5) is 13.0. The van der Waals surface area contributed by atoms with Crippen molar-refractivity contribution in [2.45, 2.75) is 77.2 Å². The van der Waals surface area contributed by atoms with Crippen LogP contribution >= 0.6 is 0 Å². The van der Waals surface area contributed by atoms with Crippen LogP contribution in [0.2, 0.25) is 0 Å². The van der Waals surface area contributed by atoms with E-state index in [9.17, 15) is 17.6 Å². The molecule has 0 spiro atoms. The number of piperidine rings is 3. The Kier molecular flexibility index (Phi) is 17.9. The number of nitriles is 1. The van der Waals surface area contributed by atoms with Gasteiger partial charge in [0.15, 0.2) is 0 Å². The van der Waals surface area contributed by atoms with Crippen molar-refractivity contribution < 1.29 is 17.6 Å². The predicted octanol–water partition coefficient (Wildman–Crippen LogP) is 7.25. The Hall–Kier alpha value is -2.58. The SMILES string of the molecule is CN1CCC(C#N)CC1.CN1CCC(C(F)(F)F)CC1.CN1CCC(C)(F)CC1.CN1CCc2ncccc2C1.Cc1ccccc1. The van der Waals surface area contributed by atoms with Crippen molar-refractivity contribution in [1.29, 1.82) is 5.26 Å². The zero-order chi connectivity index (χ0) is 34.9. The van der Waals surface area contributed by atoms with Crippen molar-refractivity contribution in [3.05, 3.63) is 65.5 Å². The van der Waals surface area contributed by atoms with E-state index in [1.807, 2.05) is 49.5 Å². The molecular formula is C37H58F4N6. The number of hydrogen-bond acceptors (Lipinski definition) is 6. The first-order valence-electron chi connectivity index (χ1n) is 17.0. The molecule has 264 valence electrons. The van der Waals surface area contributed by atoms with E-state index < -0.39 is 17.8 Å². The highest BCUT2D eigenvalue weighted by Gasteiger charge is 2.40. The summed E-state index contributed by atoms with van der Waals surface area (Å²) in [6.45, 7) is 11.1. The third-order valence-corrected chi connectivity index (χ3v) is 9.21. The van der Waals surface area contributed by atoms with Gasteiger partial charge < -0.3 is 19.6 Å². The van der Waals surface area contributed by atoms with Gasteiger partial charge in [0.1, 0.15) is 5.67 Å². The number of alkyl halides is 4. The highest BCUT2D eigenvalue weighted by Crippen LogP contribution is 2.33. The topological polar surface area (TPSA) is 49.6 Å². The number of pyridine rings is 1. The van der Waals surface area contributed by atoms with Gasteiger partial charge in [-0.05, 0) is 118 Å². The van der Waals surface area contributed by atoms with Crippen molar-refractivity contribution in [1.82, 2.24) is 24.6 Å². The van der Waals surface area contributed by atoms with Crippen LogP contribution in [-0.2, 0) is 13.0 Å². The van der Waals surface area contributed by atoms with E-state index in [2.05, 4.69) is 65.0 Å². The average Bonchev–Trinajstić information content (AvgIpc) is 3.04. The van der Waals surface area contributed by atoms with Gasteiger partial charge in [-0.2, -0.15) is 18.4 Å². The van der Waals surface area contributed by atoms with Crippen LogP contribution in [0.4, 0.5) is 17.6 Å². The fourth-order valence-electron chi connectivity index (χ4n) is 5.60. The number of likely N-dealkylation sites (N-methyl/N-ethyl adjacent to an activating group) is 1. The Labute approximate surface area is 281 Å². The van der Waals surface area contributed by atoms with Crippen LogP contribution in [0.15, 0.2) is 48.7 Å². The van der Waals surface area contributed by atoms with Crippen molar-refractivity contribution in [2.24, 2.45) is 11.8 Å². The molecule has 0 unspecified atom stereocenters. The summed E-state index contributed by atoms with van der Waals surface area (Å²) in [7, 11) is 8.14. The van der Waals surface area contributed by atoms with Gasteiger partial charge in [-0.1, -0.05) is 42.0 Å². The van der Waals surface area contributed by atoms with Crippen LogP contribution in [0.1, 0.15) is 62.3 Å². The maximum absolute atomic E-state index is 13.0. The van der Waals surface area contributed by atoms with Crippen molar-refractivity contribution in [2.75, 3.05) is 74.0 Å². The molecule has 0 bridgehead atoms. The van der Waals surface area contributed by atoms with E-state index >= 15 is 0 Å². The number of likely N-dealkylation sites (tertiary alicyclic amines) is 3. The zero-order valence-electron chi connectivity index (χ0n) is 29.6. The van der Waals surface area contributed by atoms with Gasteiger partial charge in [0.2, 0.25) is 0 Å². The lowest BCUT2D eigenvalue weighted by molar-refractivity contribution is -0.184. The van der Waals surface area contributed by atoms with Gasteiger partial charge in [-0.3, -0.25) is 4.98 Å². The summed E-state index contributed by atoms with van der Waals surface area (Å²) in [5, 5.41) is 8.51. The molecule has 3 fully saturated rings. The molecule has 0 saturated carbocycles. The lowest BCUT2D eigenvalue weighted by atomic mass is 9.96. The molecule has 4 aliphatic heterocycles. The molecule has 6 rings (SSSR count). The Bertz CT molecular complexity index is 1140. The second-order valence-corrected chi connectivity index (χ2v) is 13.8. The maximum atomic E-state index is 13.0. The van der Waals surface area contributed by atoms with E-state index in [1.165, 1.54) is 16.8 Å². The van der Waals surface area contributed by atoms with E-state index in [0.717, 1.165) is 58.5 Å². The molecule has 0 radical (unpaired) electrons. The molecule has 0 atom stereocenters. The standard InChI is InChI=1S/C9H12N2.C7H12F3N.C7H14FN.C7H12N2.C7H8/c1-11-6-4-9-8(7-11)3-2-5-10-9;1-11-4-2-6(3-5-11)7(8,9)10;1-7(8)3-5-9(2)6-4-7;1-9-4-2-7(6-8)3-5-9;1-7-5-3-2-4-6-7/h2-3,5H,4,6-7H2,1H3;6H,2-5H2,1H3;3-6H2,1-2H3;7H,2-5H2,1H3;2-6H,1H3. The lowest BCUT2D eigenvalue weighted by Gasteiger charge is -2.31. The van der Waals surface area contributed by atoms with Gasteiger partial charge in [0, 0.05) is 50.4 Å². The summed E-state index contributed by atoms with van der Waals surface area (Å²) in [5.41, 5.74) is 3.11. The molecule has 0 aliphatic carbocycles. The number of aryl methyl sites for hydroxylation is 1. The molecule has 6 nitrogen and oxygen atoms in total. The number of halogens is 4.